The number of hydrogen-bond acceptors (Lipinski definition) is 4. The highest BCUT2D eigenvalue weighted by atomic mass is 31.2. The number of nitrogens with zero attached hydrogens (tertiary/aromatic N) is 1. The van der Waals surface area contributed by atoms with Crippen LogP contribution in [0.1, 0.15) is 19.4 Å². The van der Waals surface area contributed by atoms with Crippen molar-refractivity contribution in [3.63, 3.8) is 0 Å². The summed E-state index contributed by atoms with van der Waals surface area (Å²) in [7, 11) is -3.12. The molecule has 4 nitrogen and oxygen atoms in total. The number of hydrogen-bond donors (Lipinski definition) is 1. The molecule has 0 aromatic heterocycles. The molecule has 1 fully saturated rings. The molecule has 0 radical (unpaired) electrons. The van der Waals surface area contributed by atoms with E-state index in [-0.39, 0.29) is 0 Å². The van der Waals surface area contributed by atoms with E-state index in [0.717, 1.165) is 10.6 Å². The van der Waals surface area contributed by atoms with E-state index in [1.165, 1.54) is 0 Å². The van der Waals surface area contributed by atoms with Crippen molar-refractivity contribution in [2.45, 2.75) is 31.1 Å². The van der Waals surface area contributed by atoms with Gasteiger partial charge < -0.3 is 14.4 Å². The lowest BCUT2D eigenvalue weighted by molar-refractivity contribution is -0.101. The lowest BCUT2D eigenvalue weighted by atomic mass is 10.0. The summed E-state index contributed by atoms with van der Waals surface area (Å²) in [6, 6.07) is 26.6. The van der Waals surface area contributed by atoms with Crippen LogP contribution in [0.25, 0.3) is 0 Å². The van der Waals surface area contributed by atoms with Crippen LogP contribution in [-0.2, 0) is 10.3 Å². The van der Waals surface area contributed by atoms with Gasteiger partial charge in [0.05, 0.1) is 0 Å². The standard InChI is InChI=1S/C23H22NO3P/c1-22(25)19-15-9-10-16-20(19)27-23(2)21(24(22)23)28(26,17-11-5-3-6-12-17)18-13-7-4-8-14-18/h3-16,21,25H,1-2H3/t21-,22-,23-,24?/m0/s1. The molecular weight excluding hydrogens is 369 g/mol. The van der Waals surface area contributed by atoms with Gasteiger partial charge in [0.2, 0.25) is 0 Å². The monoisotopic (exact) mass is 391 g/mol. The van der Waals surface area contributed by atoms with E-state index in [1.54, 1.807) is 6.92 Å². The summed E-state index contributed by atoms with van der Waals surface area (Å²) in [6.45, 7) is 3.67. The molecule has 0 saturated carbocycles. The molecule has 0 spiro atoms. The minimum absolute atomic E-state index is 0.466. The van der Waals surface area contributed by atoms with Crippen molar-refractivity contribution in [1.29, 1.82) is 0 Å². The first-order valence-corrected chi connectivity index (χ1v) is 11.2. The third-order valence-electron chi connectivity index (χ3n) is 5.94. The Morgan fingerprint density at radius 3 is 1.93 bits per heavy atom. The van der Waals surface area contributed by atoms with E-state index < -0.39 is 24.4 Å². The molecule has 5 rings (SSSR count). The molecule has 4 atom stereocenters. The molecule has 1 unspecified atom stereocenters. The predicted molar refractivity (Wildman–Crippen MR) is 110 cm³/mol. The molecule has 0 aliphatic carbocycles. The van der Waals surface area contributed by atoms with E-state index in [1.807, 2.05) is 96.8 Å². The quantitative estimate of drug-likeness (QED) is 0.547. The highest BCUT2D eigenvalue weighted by molar-refractivity contribution is 7.79. The highest BCUT2D eigenvalue weighted by Gasteiger charge is 2.77. The summed E-state index contributed by atoms with van der Waals surface area (Å²) in [4.78, 5) is 1.85. The molecule has 3 aromatic rings. The maximum absolute atomic E-state index is 14.8. The van der Waals surface area contributed by atoms with Gasteiger partial charge in [0.25, 0.3) is 0 Å². The van der Waals surface area contributed by atoms with Crippen LogP contribution in [0.5, 0.6) is 5.75 Å². The average Bonchev–Trinajstić information content (AvgIpc) is 3.36. The summed E-state index contributed by atoms with van der Waals surface area (Å²) >= 11 is 0. The summed E-state index contributed by atoms with van der Waals surface area (Å²) in [5.41, 5.74) is -1.42. The van der Waals surface area contributed by atoms with Crippen LogP contribution in [0.3, 0.4) is 0 Å². The van der Waals surface area contributed by atoms with E-state index in [9.17, 15) is 9.67 Å². The fraction of sp³-hybridized carbons (Fsp3) is 0.217. The van der Waals surface area contributed by atoms with Crippen LogP contribution in [-0.4, -0.2) is 21.5 Å². The maximum atomic E-state index is 14.8. The number of rotatable bonds is 3. The van der Waals surface area contributed by atoms with Crippen molar-refractivity contribution < 1.29 is 14.4 Å². The Kier molecular flexibility index (Phi) is 3.67. The molecule has 5 heteroatoms. The third kappa shape index (κ3) is 2.23. The first kappa shape index (κ1) is 17.7. The lowest BCUT2D eigenvalue weighted by Crippen LogP contribution is -2.42. The zero-order valence-electron chi connectivity index (χ0n) is 15.8. The number of aliphatic hydroxyl groups is 1. The Morgan fingerprint density at radius 1 is 0.857 bits per heavy atom. The largest absolute Gasteiger partial charge is 0.470 e. The molecule has 2 heterocycles. The van der Waals surface area contributed by atoms with Gasteiger partial charge in [-0.05, 0) is 19.9 Å². The third-order valence-corrected chi connectivity index (χ3v) is 9.47. The molecule has 2 aliphatic rings. The molecule has 0 amide bonds. The van der Waals surface area contributed by atoms with Crippen LogP contribution in [0.4, 0.5) is 0 Å². The topological polar surface area (TPSA) is 49.5 Å². The van der Waals surface area contributed by atoms with Crippen LogP contribution in [0.2, 0.25) is 0 Å². The van der Waals surface area contributed by atoms with Crippen molar-refractivity contribution in [2.24, 2.45) is 0 Å². The minimum atomic E-state index is -3.12. The van der Waals surface area contributed by atoms with Gasteiger partial charge in [-0.3, -0.25) is 0 Å². The van der Waals surface area contributed by atoms with Crippen LogP contribution >= 0.6 is 7.14 Å². The highest BCUT2D eigenvalue weighted by Crippen LogP contribution is 2.70. The Balaban J connectivity index is 1.71. The zero-order chi connectivity index (χ0) is 19.6. The van der Waals surface area contributed by atoms with Crippen molar-refractivity contribution >= 4 is 17.8 Å². The summed E-state index contributed by atoms with van der Waals surface area (Å²) in [5.74, 6) is 0.175. The fourth-order valence-corrected chi connectivity index (χ4v) is 8.31. The fourth-order valence-electron chi connectivity index (χ4n) is 4.66. The average molecular weight is 391 g/mol. The lowest BCUT2D eigenvalue weighted by Gasteiger charge is -2.35. The second-order valence-electron chi connectivity index (χ2n) is 7.75. The summed E-state index contributed by atoms with van der Waals surface area (Å²) in [6.07, 6.45) is 0. The van der Waals surface area contributed by atoms with Gasteiger partial charge in [0, 0.05) is 16.2 Å². The first-order chi connectivity index (χ1) is 13.4. The van der Waals surface area contributed by atoms with Gasteiger partial charge in [-0.2, -0.15) is 0 Å². The normalized spacial score (nSPS) is 30.7. The molecule has 1 N–H and O–H groups in total. The number of para-hydroxylation sites is 1. The Morgan fingerprint density at radius 2 is 1.36 bits per heavy atom. The van der Waals surface area contributed by atoms with E-state index in [2.05, 4.69) is 0 Å². The minimum Gasteiger partial charge on any atom is -0.470 e. The SMILES string of the molecule is C[C@]1(O)c2ccccc2O[C@@]2(C)[C@H](P(=O)(c3ccccc3)c3ccccc3)N12. The number of fused-ring (bicyclic) bond motifs is 2. The predicted octanol–water partition coefficient (Wildman–Crippen LogP) is 3.62. The van der Waals surface area contributed by atoms with Gasteiger partial charge in [-0.1, -0.05) is 78.9 Å². The van der Waals surface area contributed by atoms with Crippen molar-refractivity contribution in [2.75, 3.05) is 0 Å². The molecule has 1 saturated heterocycles. The zero-order valence-corrected chi connectivity index (χ0v) is 16.7. The molecule has 3 aromatic carbocycles. The second kappa shape index (κ2) is 5.81. The van der Waals surface area contributed by atoms with E-state index >= 15 is 0 Å². The Labute approximate surface area is 164 Å². The Bertz CT molecular complexity index is 1040. The second-order valence-corrected chi connectivity index (χ2v) is 10.6. The molecule has 28 heavy (non-hydrogen) atoms. The van der Waals surface area contributed by atoms with E-state index in [4.69, 9.17) is 4.74 Å². The van der Waals surface area contributed by atoms with Gasteiger partial charge >= 0.3 is 0 Å². The summed E-state index contributed by atoms with van der Waals surface area (Å²) in [5, 5.41) is 13.0. The van der Waals surface area contributed by atoms with Gasteiger partial charge in [-0.25, -0.2) is 4.90 Å². The molecular formula is C23H22NO3P. The van der Waals surface area contributed by atoms with Crippen molar-refractivity contribution in [1.82, 2.24) is 4.90 Å². The maximum Gasteiger partial charge on any atom is 0.187 e. The van der Waals surface area contributed by atoms with Gasteiger partial charge in [0.15, 0.2) is 12.9 Å². The molecule has 142 valence electrons. The smallest absolute Gasteiger partial charge is 0.187 e. The van der Waals surface area contributed by atoms with Crippen LogP contribution < -0.4 is 15.3 Å². The van der Waals surface area contributed by atoms with Gasteiger partial charge in [0.1, 0.15) is 17.3 Å². The van der Waals surface area contributed by atoms with Crippen molar-refractivity contribution in [3.05, 3.63) is 90.5 Å². The number of ether oxygens (including phenoxy) is 1. The summed E-state index contributed by atoms with van der Waals surface area (Å²) < 4.78 is 21.1. The Hall–Kier alpha value is -2.39. The van der Waals surface area contributed by atoms with Crippen LogP contribution in [0.15, 0.2) is 84.9 Å². The van der Waals surface area contributed by atoms with Gasteiger partial charge in [-0.15, -0.1) is 0 Å². The van der Waals surface area contributed by atoms with Crippen molar-refractivity contribution in [3.8, 4) is 5.75 Å². The van der Waals surface area contributed by atoms with Crippen LogP contribution in [0, 0.1) is 0 Å². The molecule has 2 aliphatic heterocycles. The van der Waals surface area contributed by atoms with E-state index in [0.29, 0.717) is 11.3 Å². The molecule has 0 bridgehead atoms. The number of benzene rings is 3. The first-order valence-electron chi connectivity index (χ1n) is 9.41.